The minimum absolute atomic E-state index is 0.0247. The van der Waals surface area contributed by atoms with E-state index in [1.807, 2.05) is 19.9 Å². The van der Waals surface area contributed by atoms with Crippen LogP contribution >= 0.6 is 11.3 Å². The quantitative estimate of drug-likeness (QED) is 0.712. The van der Waals surface area contributed by atoms with Crippen molar-refractivity contribution in [2.75, 3.05) is 31.3 Å². The highest BCUT2D eigenvalue weighted by Crippen LogP contribution is 2.35. The van der Waals surface area contributed by atoms with Crippen LogP contribution in [0.25, 0.3) is 0 Å². The molecule has 7 heteroatoms. The van der Waals surface area contributed by atoms with Crippen LogP contribution in [0.3, 0.4) is 0 Å². The van der Waals surface area contributed by atoms with Crippen molar-refractivity contribution in [1.29, 1.82) is 5.26 Å². The fourth-order valence-electron chi connectivity index (χ4n) is 1.66. The van der Waals surface area contributed by atoms with Crippen LogP contribution in [0.5, 0.6) is 0 Å². The van der Waals surface area contributed by atoms with Gasteiger partial charge >= 0.3 is 0 Å². The van der Waals surface area contributed by atoms with Gasteiger partial charge in [0.25, 0.3) is 5.91 Å². The van der Waals surface area contributed by atoms with Gasteiger partial charge in [0.1, 0.15) is 21.5 Å². The number of carbonyl (C=O) groups excluding carboxylic acids is 1. The summed E-state index contributed by atoms with van der Waals surface area (Å²) >= 11 is 1.20. The molecule has 6 nitrogen and oxygen atoms in total. The Balaban J connectivity index is 2.97. The Bertz CT molecular complexity index is 507. The van der Waals surface area contributed by atoms with E-state index in [0.717, 1.165) is 6.42 Å². The van der Waals surface area contributed by atoms with Gasteiger partial charge in [-0.15, -0.1) is 11.3 Å². The van der Waals surface area contributed by atoms with Crippen LogP contribution in [0, 0.1) is 11.3 Å². The van der Waals surface area contributed by atoms with Crippen LogP contribution in [-0.4, -0.2) is 32.2 Å². The molecule has 110 valence electrons. The summed E-state index contributed by atoms with van der Waals surface area (Å²) in [6.07, 6.45) is 0.845. The fraction of sp³-hybridized carbons (Fsp3) is 0.538. The molecule has 0 fully saturated rings. The second kappa shape index (κ2) is 7.72. The molecule has 0 aliphatic carbocycles. The molecular formula is C13H20N4O2S. The minimum Gasteiger partial charge on any atom is -0.396 e. The van der Waals surface area contributed by atoms with E-state index < -0.39 is 0 Å². The Hall–Kier alpha value is -1.78. The molecule has 1 heterocycles. The largest absolute Gasteiger partial charge is 0.396 e. The molecule has 0 aliphatic rings. The number of methoxy groups -OCH3 is 1. The summed E-state index contributed by atoms with van der Waals surface area (Å²) in [6.45, 7) is 4.98. The van der Waals surface area contributed by atoms with Crippen LogP contribution in [-0.2, 0) is 4.74 Å². The van der Waals surface area contributed by atoms with E-state index >= 15 is 0 Å². The van der Waals surface area contributed by atoms with Gasteiger partial charge in [0.05, 0.1) is 12.3 Å². The molecule has 1 atom stereocenters. The van der Waals surface area contributed by atoms with E-state index in [1.54, 1.807) is 7.11 Å². The van der Waals surface area contributed by atoms with Crippen LogP contribution in [0.15, 0.2) is 0 Å². The molecule has 0 aromatic carbocycles. The summed E-state index contributed by atoms with van der Waals surface area (Å²) < 4.78 is 5.04. The van der Waals surface area contributed by atoms with Crippen molar-refractivity contribution < 1.29 is 9.53 Å². The highest BCUT2D eigenvalue weighted by molar-refractivity contribution is 7.18. The topological polar surface area (TPSA) is 100 Å². The van der Waals surface area contributed by atoms with E-state index in [-0.39, 0.29) is 17.6 Å². The molecule has 20 heavy (non-hydrogen) atoms. The molecule has 0 saturated heterocycles. The third kappa shape index (κ3) is 3.85. The Morgan fingerprint density at radius 3 is 2.85 bits per heavy atom. The Morgan fingerprint density at radius 1 is 1.60 bits per heavy atom. The number of anilines is 2. The molecule has 1 rings (SSSR count). The van der Waals surface area contributed by atoms with Gasteiger partial charge in [-0.1, -0.05) is 6.92 Å². The van der Waals surface area contributed by atoms with Crippen molar-refractivity contribution in [1.82, 2.24) is 5.32 Å². The maximum absolute atomic E-state index is 12.0. The summed E-state index contributed by atoms with van der Waals surface area (Å²) in [5, 5.41) is 15.7. The van der Waals surface area contributed by atoms with Gasteiger partial charge in [-0.25, -0.2) is 0 Å². The summed E-state index contributed by atoms with van der Waals surface area (Å²) in [5.41, 5.74) is 6.45. The highest BCUT2D eigenvalue weighted by atomic mass is 32.1. The molecule has 0 saturated carbocycles. The predicted molar refractivity (Wildman–Crippen MR) is 81.0 cm³/mol. The average molecular weight is 296 g/mol. The molecule has 0 bridgehead atoms. The van der Waals surface area contributed by atoms with E-state index in [1.165, 1.54) is 11.3 Å². The minimum atomic E-state index is -0.238. The number of nitrogens with zero attached hydrogens (tertiary/aromatic N) is 1. The van der Waals surface area contributed by atoms with Crippen LogP contribution in [0.4, 0.5) is 10.7 Å². The zero-order valence-electron chi connectivity index (χ0n) is 11.9. The smallest absolute Gasteiger partial charge is 0.263 e. The lowest BCUT2D eigenvalue weighted by atomic mass is 10.2. The number of thiophene rings is 1. The van der Waals surface area contributed by atoms with Gasteiger partial charge in [-0.3, -0.25) is 4.79 Å². The van der Waals surface area contributed by atoms with Crippen molar-refractivity contribution in [2.45, 2.75) is 26.3 Å². The summed E-state index contributed by atoms with van der Waals surface area (Å²) in [4.78, 5) is 12.4. The first-order chi connectivity index (χ1) is 9.54. The molecule has 0 aliphatic heterocycles. The monoisotopic (exact) mass is 296 g/mol. The second-order valence-corrected chi connectivity index (χ2v) is 5.44. The third-order valence-electron chi connectivity index (χ3n) is 2.59. The van der Waals surface area contributed by atoms with Gasteiger partial charge in [0.2, 0.25) is 0 Å². The third-order valence-corrected chi connectivity index (χ3v) is 3.73. The molecule has 4 N–H and O–H groups in total. The van der Waals surface area contributed by atoms with E-state index in [9.17, 15) is 10.1 Å². The SMILES string of the molecule is CCCNC(=O)c1sc(NC(C)COC)c(C#N)c1N. The van der Waals surface area contributed by atoms with Gasteiger partial charge in [-0.2, -0.15) is 5.26 Å². The highest BCUT2D eigenvalue weighted by Gasteiger charge is 2.21. The van der Waals surface area contributed by atoms with Gasteiger partial charge < -0.3 is 21.1 Å². The Labute approximate surface area is 122 Å². The lowest BCUT2D eigenvalue weighted by Gasteiger charge is -2.12. The fourth-order valence-corrected chi connectivity index (χ4v) is 2.76. The van der Waals surface area contributed by atoms with Crippen molar-refractivity contribution in [3.05, 3.63) is 10.4 Å². The number of nitrogens with one attached hydrogen (secondary N) is 2. The first-order valence-corrected chi connectivity index (χ1v) is 7.22. The van der Waals surface area contributed by atoms with Crippen molar-refractivity contribution in [2.24, 2.45) is 0 Å². The number of nitrogens with two attached hydrogens (primary N) is 1. The Morgan fingerprint density at radius 2 is 2.30 bits per heavy atom. The number of hydrogen-bond acceptors (Lipinski definition) is 6. The maximum atomic E-state index is 12.0. The van der Waals surface area contributed by atoms with Crippen LogP contribution < -0.4 is 16.4 Å². The standard InChI is InChI=1S/C13H20N4O2S/c1-4-5-16-12(18)11-10(15)9(6-14)13(20-11)17-8(2)7-19-3/h8,17H,4-5,7,15H2,1-3H3,(H,16,18). The van der Waals surface area contributed by atoms with E-state index in [4.69, 9.17) is 10.5 Å². The summed E-state index contributed by atoms with van der Waals surface area (Å²) in [7, 11) is 1.61. The molecule has 1 aromatic heterocycles. The normalized spacial score (nSPS) is 11.7. The maximum Gasteiger partial charge on any atom is 0.263 e. The molecule has 0 radical (unpaired) electrons. The number of nitriles is 1. The number of amides is 1. The molecular weight excluding hydrogens is 276 g/mol. The van der Waals surface area contributed by atoms with Crippen LogP contribution in [0.2, 0.25) is 0 Å². The first-order valence-electron chi connectivity index (χ1n) is 6.41. The first kappa shape index (κ1) is 16.3. The predicted octanol–water partition coefficient (Wildman–Crippen LogP) is 1.79. The Kier molecular flexibility index (Phi) is 6.28. The van der Waals surface area contributed by atoms with Gasteiger partial charge in [0.15, 0.2) is 0 Å². The summed E-state index contributed by atoms with van der Waals surface area (Å²) in [5.74, 6) is -0.238. The number of rotatable bonds is 7. The molecule has 1 aromatic rings. The molecule has 1 unspecified atom stereocenters. The lowest BCUT2D eigenvalue weighted by molar-refractivity contribution is 0.0958. The van der Waals surface area contributed by atoms with Crippen LogP contribution in [0.1, 0.15) is 35.5 Å². The van der Waals surface area contributed by atoms with Crippen molar-refractivity contribution in [3.8, 4) is 6.07 Å². The second-order valence-electron chi connectivity index (χ2n) is 4.42. The lowest BCUT2D eigenvalue weighted by Crippen LogP contribution is -2.23. The number of nitrogen functional groups attached to an aromatic ring is 1. The van der Waals surface area contributed by atoms with E-state index in [0.29, 0.717) is 28.6 Å². The number of hydrogen-bond donors (Lipinski definition) is 3. The van der Waals surface area contributed by atoms with E-state index in [2.05, 4.69) is 10.6 Å². The zero-order valence-corrected chi connectivity index (χ0v) is 12.8. The molecule has 0 spiro atoms. The number of carbonyl (C=O) groups is 1. The van der Waals surface area contributed by atoms with Crippen molar-refractivity contribution in [3.63, 3.8) is 0 Å². The zero-order chi connectivity index (χ0) is 15.1. The van der Waals surface area contributed by atoms with Gasteiger partial charge in [-0.05, 0) is 13.3 Å². The number of ether oxygens (including phenoxy) is 1. The van der Waals surface area contributed by atoms with Gasteiger partial charge in [0, 0.05) is 19.7 Å². The van der Waals surface area contributed by atoms with Crippen molar-refractivity contribution >= 4 is 27.9 Å². The molecule has 1 amide bonds. The summed E-state index contributed by atoms with van der Waals surface area (Å²) in [6, 6.07) is 2.07. The average Bonchev–Trinajstić information content (AvgIpc) is 2.72.